The van der Waals surface area contributed by atoms with Crippen LogP contribution in [0.4, 0.5) is 5.82 Å². The van der Waals surface area contributed by atoms with Crippen LogP contribution in [0.15, 0.2) is 51.0 Å². The van der Waals surface area contributed by atoms with Gasteiger partial charge in [-0.1, -0.05) is 40.6 Å². The topological polar surface area (TPSA) is 137 Å². The monoisotopic (exact) mass is 476 g/mol. The number of nitrogens with zero attached hydrogens (tertiary/aromatic N) is 6. The van der Waals surface area contributed by atoms with Crippen molar-refractivity contribution in [2.75, 3.05) is 5.73 Å². The SMILES string of the molecule is Cc1ccc(SCc2c(C(=O)NN=Cc3c(C)cc(C)cc3C)nnn2-c2nonc2N)cc1. The highest BCUT2D eigenvalue weighted by Crippen LogP contribution is 2.26. The lowest BCUT2D eigenvalue weighted by Crippen LogP contribution is -2.20. The van der Waals surface area contributed by atoms with Gasteiger partial charge in [0.05, 0.1) is 11.9 Å². The number of benzene rings is 2. The number of hydrogen-bond donors (Lipinski definition) is 2. The zero-order chi connectivity index (χ0) is 24.2. The van der Waals surface area contributed by atoms with Crippen molar-refractivity contribution in [2.45, 2.75) is 38.3 Å². The molecule has 4 aromatic rings. The van der Waals surface area contributed by atoms with Crippen LogP contribution in [0.25, 0.3) is 5.82 Å². The Bertz CT molecular complexity index is 1330. The average molecular weight is 477 g/mol. The summed E-state index contributed by atoms with van der Waals surface area (Å²) < 4.78 is 6.06. The van der Waals surface area contributed by atoms with Crippen LogP contribution in [-0.2, 0) is 5.75 Å². The molecule has 2 aromatic heterocycles. The van der Waals surface area contributed by atoms with Gasteiger partial charge in [-0.05, 0) is 61.3 Å². The minimum atomic E-state index is -0.501. The molecule has 0 saturated heterocycles. The number of nitrogen functional groups attached to an aromatic ring is 1. The second kappa shape index (κ2) is 9.87. The van der Waals surface area contributed by atoms with Crippen molar-refractivity contribution in [1.82, 2.24) is 30.7 Å². The standard InChI is InChI=1S/C23H24N8O2S/c1-13-5-7-17(8-6-13)34-12-19-20(26-30-31(19)22-21(24)28-33-29-22)23(32)27-25-11-18-15(3)9-14(2)10-16(18)4/h5-11H,12H2,1-4H3,(H2,24,28)(H,27,32). The summed E-state index contributed by atoms with van der Waals surface area (Å²) in [6.45, 7) is 8.08. The molecule has 34 heavy (non-hydrogen) atoms. The highest BCUT2D eigenvalue weighted by molar-refractivity contribution is 7.98. The summed E-state index contributed by atoms with van der Waals surface area (Å²) in [5, 5.41) is 19.7. The number of nitrogens with two attached hydrogens (primary N) is 1. The molecule has 3 N–H and O–H groups in total. The molecule has 2 aromatic carbocycles. The Morgan fingerprint density at radius 2 is 1.82 bits per heavy atom. The molecule has 1 amide bonds. The van der Waals surface area contributed by atoms with Crippen LogP contribution in [0.2, 0.25) is 0 Å². The summed E-state index contributed by atoms with van der Waals surface area (Å²) in [6.07, 6.45) is 1.63. The molecular formula is C23H24N8O2S. The molecule has 2 heterocycles. The third-order valence-corrected chi connectivity index (χ3v) is 6.19. The molecule has 0 saturated carbocycles. The van der Waals surface area contributed by atoms with Crippen LogP contribution in [0, 0.1) is 27.7 Å². The van der Waals surface area contributed by atoms with Gasteiger partial charge in [0.1, 0.15) is 0 Å². The first-order valence-electron chi connectivity index (χ1n) is 10.5. The molecule has 0 unspecified atom stereocenters. The van der Waals surface area contributed by atoms with E-state index in [0.717, 1.165) is 27.1 Å². The lowest BCUT2D eigenvalue weighted by Gasteiger charge is -2.07. The molecular weight excluding hydrogens is 452 g/mol. The fourth-order valence-corrected chi connectivity index (χ4v) is 4.40. The Kier molecular flexibility index (Phi) is 6.73. The van der Waals surface area contributed by atoms with E-state index in [9.17, 15) is 4.79 Å². The van der Waals surface area contributed by atoms with Gasteiger partial charge < -0.3 is 5.73 Å². The fourth-order valence-electron chi connectivity index (χ4n) is 3.50. The lowest BCUT2D eigenvalue weighted by molar-refractivity contribution is 0.0949. The van der Waals surface area contributed by atoms with Gasteiger partial charge in [0.25, 0.3) is 5.91 Å². The minimum Gasteiger partial charge on any atom is -0.378 e. The highest BCUT2D eigenvalue weighted by Gasteiger charge is 2.24. The van der Waals surface area contributed by atoms with E-state index in [1.165, 1.54) is 22.0 Å². The van der Waals surface area contributed by atoms with E-state index >= 15 is 0 Å². The zero-order valence-electron chi connectivity index (χ0n) is 19.2. The molecule has 0 fully saturated rings. The van der Waals surface area contributed by atoms with Crippen molar-refractivity contribution in [3.8, 4) is 5.82 Å². The molecule has 0 aliphatic heterocycles. The summed E-state index contributed by atoms with van der Waals surface area (Å²) >= 11 is 1.52. The maximum absolute atomic E-state index is 13.0. The fraction of sp³-hybridized carbons (Fsp3) is 0.217. The van der Waals surface area contributed by atoms with E-state index in [1.54, 1.807) is 6.21 Å². The summed E-state index contributed by atoms with van der Waals surface area (Å²) in [4.78, 5) is 14.0. The average Bonchev–Trinajstić information content (AvgIpc) is 3.40. The van der Waals surface area contributed by atoms with E-state index in [0.29, 0.717) is 11.4 Å². The normalized spacial score (nSPS) is 11.3. The van der Waals surface area contributed by atoms with E-state index < -0.39 is 5.91 Å². The Hall–Kier alpha value is -3.99. The van der Waals surface area contributed by atoms with Crippen LogP contribution >= 0.6 is 11.8 Å². The third-order valence-electron chi connectivity index (χ3n) is 5.17. The smallest absolute Gasteiger partial charge is 0.293 e. The summed E-state index contributed by atoms with van der Waals surface area (Å²) in [5.41, 5.74) is 14.4. The van der Waals surface area contributed by atoms with Gasteiger partial charge in [-0.3, -0.25) is 4.79 Å². The predicted molar refractivity (Wildman–Crippen MR) is 130 cm³/mol. The van der Waals surface area contributed by atoms with Crippen LogP contribution in [0.5, 0.6) is 0 Å². The predicted octanol–water partition coefficient (Wildman–Crippen LogP) is 3.52. The molecule has 0 bridgehead atoms. The van der Waals surface area contributed by atoms with Gasteiger partial charge in [0.2, 0.25) is 11.6 Å². The van der Waals surface area contributed by atoms with Crippen molar-refractivity contribution in [3.05, 3.63) is 75.6 Å². The van der Waals surface area contributed by atoms with Gasteiger partial charge >= 0.3 is 0 Å². The summed E-state index contributed by atoms with van der Waals surface area (Å²) in [5.74, 6) is 0.0899. The van der Waals surface area contributed by atoms with E-state index in [4.69, 9.17) is 10.4 Å². The molecule has 10 nitrogen and oxygen atoms in total. The Morgan fingerprint density at radius 3 is 2.47 bits per heavy atom. The number of thioether (sulfide) groups is 1. The first-order valence-corrected chi connectivity index (χ1v) is 11.5. The number of aromatic nitrogens is 5. The number of amides is 1. The number of carbonyl (C=O) groups excluding carboxylic acids is 1. The van der Waals surface area contributed by atoms with Crippen molar-refractivity contribution >= 4 is 29.7 Å². The van der Waals surface area contributed by atoms with Crippen LogP contribution in [0.1, 0.15) is 44.0 Å². The molecule has 0 radical (unpaired) electrons. The number of nitrogens with one attached hydrogen (secondary N) is 1. The number of aryl methyl sites for hydroxylation is 4. The summed E-state index contributed by atoms with van der Waals surface area (Å²) in [7, 11) is 0. The zero-order valence-corrected chi connectivity index (χ0v) is 20.1. The van der Waals surface area contributed by atoms with Crippen LogP contribution in [0.3, 0.4) is 0 Å². The summed E-state index contributed by atoms with van der Waals surface area (Å²) in [6, 6.07) is 12.2. The van der Waals surface area contributed by atoms with Crippen LogP contribution in [-0.4, -0.2) is 37.4 Å². The Balaban J connectivity index is 1.59. The van der Waals surface area contributed by atoms with E-state index in [2.05, 4.69) is 43.3 Å². The molecule has 11 heteroatoms. The minimum absolute atomic E-state index is 0.0433. The number of carbonyl (C=O) groups is 1. The quantitative estimate of drug-likeness (QED) is 0.235. The number of hydrazone groups is 1. The second-order valence-electron chi connectivity index (χ2n) is 7.88. The molecule has 0 aliphatic carbocycles. The highest BCUT2D eigenvalue weighted by atomic mass is 32.2. The molecule has 0 atom stereocenters. The van der Waals surface area contributed by atoms with Crippen molar-refractivity contribution in [3.63, 3.8) is 0 Å². The lowest BCUT2D eigenvalue weighted by atomic mass is 10.0. The first kappa shape index (κ1) is 23.2. The Morgan fingerprint density at radius 1 is 1.12 bits per heavy atom. The van der Waals surface area contributed by atoms with Crippen molar-refractivity contribution < 1.29 is 9.42 Å². The molecule has 4 rings (SSSR count). The number of anilines is 1. The number of rotatable bonds is 7. The maximum atomic E-state index is 13.0. The van der Waals surface area contributed by atoms with E-state index in [1.807, 2.05) is 52.0 Å². The molecule has 174 valence electrons. The van der Waals surface area contributed by atoms with Gasteiger partial charge in [-0.2, -0.15) is 9.78 Å². The molecule has 0 spiro atoms. The van der Waals surface area contributed by atoms with E-state index in [-0.39, 0.29) is 17.3 Å². The van der Waals surface area contributed by atoms with Crippen molar-refractivity contribution in [2.24, 2.45) is 5.10 Å². The van der Waals surface area contributed by atoms with Gasteiger partial charge in [0, 0.05) is 16.2 Å². The first-order chi connectivity index (χ1) is 16.3. The van der Waals surface area contributed by atoms with Crippen LogP contribution < -0.4 is 11.2 Å². The number of hydrogen-bond acceptors (Lipinski definition) is 9. The maximum Gasteiger partial charge on any atom is 0.293 e. The Labute approximate surface area is 200 Å². The van der Waals surface area contributed by atoms with Gasteiger partial charge in [0.15, 0.2) is 5.69 Å². The third kappa shape index (κ3) is 4.99. The van der Waals surface area contributed by atoms with Gasteiger partial charge in [-0.15, -0.1) is 16.9 Å². The van der Waals surface area contributed by atoms with Gasteiger partial charge in [-0.25, -0.2) is 10.1 Å². The largest absolute Gasteiger partial charge is 0.378 e. The van der Waals surface area contributed by atoms with Crippen molar-refractivity contribution in [1.29, 1.82) is 0 Å². The second-order valence-corrected chi connectivity index (χ2v) is 8.93. The molecule has 0 aliphatic rings.